The second kappa shape index (κ2) is 11.2. The Kier molecular flexibility index (Phi) is 7.56. The number of rotatable bonds is 7. The second-order valence-electron chi connectivity index (χ2n) is 8.77. The molecule has 0 aliphatic carbocycles. The normalized spacial score (nSPS) is 14.5. The molecule has 2 aromatic carbocycles. The summed E-state index contributed by atoms with van der Waals surface area (Å²) in [4.78, 5) is 9.49. The fraction of sp³-hybridized carbons (Fsp3) is 0.214. The van der Waals surface area contributed by atoms with Crippen LogP contribution in [0.25, 0.3) is 11.8 Å². The standard InChI is InChI=1S/C28H28Cl2N6/c1-21-19-26(36(33-21)23-12-6-3-7-13-23)31-27-24(29)20-25(30)28(32-27)35-17-15-34(16-18-35)14-8-11-22-9-4-2-5-10-22/h2-13,19-20H,14-18H2,1H3,(H,31,32)/b11-8+. The lowest BCUT2D eigenvalue weighted by Gasteiger charge is -2.35. The fourth-order valence-corrected chi connectivity index (χ4v) is 4.81. The maximum atomic E-state index is 6.60. The molecule has 184 valence electrons. The van der Waals surface area contributed by atoms with Gasteiger partial charge in [0.1, 0.15) is 11.6 Å². The summed E-state index contributed by atoms with van der Waals surface area (Å²) < 4.78 is 1.85. The van der Waals surface area contributed by atoms with Crippen LogP contribution in [0.1, 0.15) is 11.3 Å². The van der Waals surface area contributed by atoms with Crippen LogP contribution < -0.4 is 10.2 Å². The molecular formula is C28H28Cl2N6. The third-order valence-corrected chi connectivity index (χ3v) is 6.70. The number of hydrogen-bond donors (Lipinski definition) is 1. The van der Waals surface area contributed by atoms with Crippen LogP contribution in [0.3, 0.4) is 0 Å². The molecule has 1 saturated heterocycles. The summed E-state index contributed by atoms with van der Waals surface area (Å²) in [6.07, 6.45) is 4.39. The molecule has 0 saturated carbocycles. The molecule has 0 atom stereocenters. The van der Waals surface area contributed by atoms with E-state index in [-0.39, 0.29) is 0 Å². The lowest BCUT2D eigenvalue weighted by molar-refractivity contribution is 0.284. The van der Waals surface area contributed by atoms with Crippen molar-refractivity contribution in [3.8, 4) is 5.69 Å². The Morgan fingerprint density at radius 1 is 0.889 bits per heavy atom. The molecular weight excluding hydrogens is 491 g/mol. The van der Waals surface area contributed by atoms with Crippen molar-refractivity contribution in [3.05, 3.63) is 100 Å². The van der Waals surface area contributed by atoms with E-state index in [1.165, 1.54) is 5.56 Å². The molecule has 4 aromatic rings. The fourth-order valence-electron chi connectivity index (χ4n) is 4.29. The van der Waals surface area contributed by atoms with Crippen LogP contribution in [0, 0.1) is 6.92 Å². The molecule has 1 fully saturated rings. The Morgan fingerprint density at radius 2 is 1.58 bits per heavy atom. The van der Waals surface area contributed by atoms with Gasteiger partial charge in [-0.25, -0.2) is 9.67 Å². The number of anilines is 3. The van der Waals surface area contributed by atoms with Crippen molar-refractivity contribution >= 4 is 46.7 Å². The maximum absolute atomic E-state index is 6.60. The van der Waals surface area contributed by atoms with E-state index >= 15 is 0 Å². The Balaban J connectivity index is 1.28. The van der Waals surface area contributed by atoms with Gasteiger partial charge in [-0.05, 0) is 30.7 Å². The lowest BCUT2D eigenvalue weighted by atomic mass is 10.2. The van der Waals surface area contributed by atoms with Gasteiger partial charge in [-0.2, -0.15) is 5.10 Å². The van der Waals surface area contributed by atoms with Crippen molar-refractivity contribution in [1.29, 1.82) is 0 Å². The molecule has 6 nitrogen and oxygen atoms in total. The molecule has 0 unspecified atom stereocenters. The van der Waals surface area contributed by atoms with Crippen LogP contribution in [0.5, 0.6) is 0 Å². The molecule has 8 heteroatoms. The van der Waals surface area contributed by atoms with Crippen molar-refractivity contribution in [1.82, 2.24) is 19.7 Å². The maximum Gasteiger partial charge on any atom is 0.152 e. The SMILES string of the molecule is Cc1cc(Nc2nc(N3CCN(C/C=C/c4ccccc4)CC3)c(Cl)cc2Cl)n(-c2ccccc2)n1. The van der Waals surface area contributed by atoms with E-state index in [1.807, 2.05) is 54.1 Å². The van der Waals surface area contributed by atoms with Crippen molar-refractivity contribution in [2.45, 2.75) is 6.92 Å². The highest BCUT2D eigenvalue weighted by Crippen LogP contribution is 2.34. The van der Waals surface area contributed by atoms with Gasteiger partial charge in [0.15, 0.2) is 5.82 Å². The Labute approximate surface area is 221 Å². The summed E-state index contributed by atoms with van der Waals surface area (Å²) in [5.41, 5.74) is 3.07. The minimum absolute atomic E-state index is 0.465. The second-order valence-corrected chi connectivity index (χ2v) is 9.58. The zero-order valence-corrected chi connectivity index (χ0v) is 21.6. The summed E-state index contributed by atoms with van der Waals surface area (Å²) in [7, 11) is 0. The number of aromatic nitrogens is 3. The number of para-hydroxylation sites is 1. The summed E-state index contributed by atoms with van der Waals surface area (Å²) >= 11 is 13.2. The average Bonchev–Trinajstić information content (AvgIpc) is 3.27. The van der Waals surface area contributed by atoms with Gasteiger partial charge in [0.05, 0.1) is 21.4 Å². The monoisotopic (exact) mass is 518 g/mol. The third kappa shape index (κ3) is 5.73. The van der Waals surface area contributed by atoms with Gasteiger partial charge in [0.2, 0.25) is 0 Å². The zero-order valence-electron chi connectivity index (χ0n) is 20.1. The summed E-state index contributed by atoms with van der Waals surface area (Å²) in [6.45, 7) is 6.43. The number of nitrogens with one attached hydrogen (secondary N) is 1. The zero-order chi connectivity index (χ0) is 24.9. The number of nitrogens with zero attached hydrogens (tertiary/aromatic N) is 5. The summed E-state index contributed by atoms with van der Waals surface area (Å²) in [6, 6.07) is 24.1. The molecule has 36 heavy (non-hydrogen) atoms. The molecule has 5 rings (SSSR count). The van der Waals surface area contributed by atoms with Gasteiger partial charge in [-0.1, -0.05) is 83.9 Å². The number of hydrogen-bond acceptors (Lipinski definition) is 5. The van der Waals surface area contributed by atoms with E-state index in [2.05, 4.69) is 56.6 Å². The Hall–Kier alpha value is -3.32. The first-order chi connectivity index (χ1) is 17.6. The van der Waals surface area contributed by atoms with E-state index in [1.54, 1.807) is 6.07 Å². The van der Waals surface area contributed by atoms with E-state index < -0.39 is 0 Å². The van der Waals surface area contributed by atoms with E-state index in [0.29, 0.717) is 15.9 Å². The number of aryl methyl sites for hydroxylation is 1. The molecule has 1 N–H and O–H groups in total. The van der Waals surface area contributed by atoms with Gasteiger partial charge < -0.3 is 10.2 Å². The predicted molar refractivity (Wildman–Crippen MR) is 150 cm³/mol. The predicted octanol–water partition coefficient (Wildman–Crippen LogP) is 6.46. The largest absolute Gasteiger partial charge is 0.353 e. The number of piperazine rings is 1. The Bertz CT molecular complexity index is 1330. The Morgan fingerprint density at radius 3 is 2.31 bits per heavy atom. The smallest absolute Gasteiger partial charge is 0.152 e. The quantitative estimate of drug-likeness (QED) is 0.304. The van der Waals surface area contributed by atoms with Crippen molar-refractivity contribution in [3.63, 3.8) is 0 Å². The highest BCUT2D eigenvalue weighted by atomic mass is 35.5. The third-order valence-electron chi connectivity index (χ3n) is 6.14. The minimum Gasteiger partial charge on any atom is -0.353 e. The van der Waals surface area contributed by atoms with Crippen LogP contribution in [0.2, 0.25) is 10.0 Å². The molecule has 0 spiro atoms. The molecule has 3 heterocycles. The molecule has 0 amide bonds. The van der Waals surface area contributed by atoms with Gasteiger partial charge in [0, 0.05) is 38.8 Å². The van der Waals surface area contributed by atoms with Crippen LogP contribution in [0.4, 0.5) is 17.5 Å². The highest BCUT2D eigenvalue weighted by molar-refractivity contribution is 6.37. The first-order valence-corrected chi connectivity index (χ1v) is 12.8. The van der Waals surface area contributed by atoms with Crippen LogP contribution in [-0.2, 0) is 0 Å². The van der Waals surface area contributed by atoms with Gasteiger partial charge in [0.25, 0.3) is 0 Å². The molecule has 2 aromatic heterocycles. The number of pyridine rings is 1. The van der Waals surface area contributed by atoms with Crippen molar-refractivity contribution in [2.24, 2.45) is 0 Å². The minimum atomic E-state index is 0.465. The molecule has 1 aliphatic rings. The first kappa shape index (κ1) is 24.4. The summed E-state index contributed by atoms with van der Waals surface area (Å²) in [5, 5.41) is 9.01. The number of benzene rings is 2. The summed E-state index contributed by atoms with van der Waals surface area (Å²) in [5.74, 6) is 2.09. The average molecular weight is 519 g/mol. The number of halogens is 2. The van der Waals surface area contributed by atoms with Gasteiger partial charge in [-0.15, -0.1) is 0 Å². The first-order valence-electron chi connectivity index (χ1n) is 12.0. The van der Waals surface area contributed by atoms with Crippen LogP contribution in [0.15, 0.2) is 78.9 Å². The molecule has 0 radical (unpaired) electrons. The molecule has 0 bridgehead atoms. The highest BCUT2D eigenvalue weighted by Gasteiger charge is 2.21. The topological polar surface area (TPSA) is 49.2 Å². The van der Waals surface area contributed by atoms with Gasteiger partial charge in [-0.3, -0.25) is 4.90 Å². The van der Waals surface area contributed by atoms with E-state index in [0.717, 1.165) is 55.7 Å². The van der Waals surface area contributed by atoms with Gasteiger partial charge >= 0.3 is 0 Å². The van der Waals surface area contributed by atoms with Crippen molar-refractivity contribution in [2.75, 3.05) is 42.9 Å². The lowest BCUT2D eigenvalue weighted by Crippen LogP contribution is -2.46. The molecule has 1 aliphatic heterocycles. The van der Waals surface area contributed by atoms with Crippen LogP contribution in [-0.4, -0.2) is 52.4 Å². The van der Waals surface area contributed by atoms with E-state index in [9.17, 15) is 0 Å². The van der Waals surface area contributed by atoms with E-state index in [4.69, 9.17) is 28.2 Å². The van der Waals surface area contributed by atoms with Crippen molar-refractivity contribution < 1.29 is 0 Å². The van der Waals surface area contributed by atoms with Crippen LogP contribution >= 0.6 is 23.2 Å².